The Hall–Kier alpha value is -0.900. The number of unbranched alkanes of at least 4 members (excludes halogenated alkanes) is 4. The lowest BCUT2D eigenvalue weighted by Crippen LogP contribution is -2.47. The van der Waals surface area contributed by atoms with Gasteiger partial charge in [0.2, 0.25) is 0 Å². The predicted octanol–water partition coefficient (Wildman–Crippen LogP) is 3.20. The summed E-state index contributed by atoms with van der Waals surface area (Å²) < 4.78 is 83.9. The number of aliphatic hydroxyl groups is 2. The number of rotatable bonds is 12. The van der Waals surface area contributed by atoms with Crippen molar-refractivity contribution in [3.8, 4) is 0 Å². The lowest BCUT2D eigenvalue weighted by atomic mass is 9.93. The van der Waals surface area contributed by atoms with Crippen molar-refractivity contribution in [1.29, 1.82) is 0 Å². The lowest BCUT2D eigenvalue weighted by molar-refractivity contribution is 0.115. The van der Waals surface area contributed by atoms with Gasteiger partial charge in [0.05, 0.1) is 24.1 Å². The van der Waals surface area contributed by atoms with Crippen molar-refractivity contribution in [3.05, 3.63) is 35.4 Å². The molecule has 0 saturated heterocycles. The minimum atomic E-state index is -3.80. The second kappa shape index (κ2) is 10.8. The highest BCUT2D eigenvalue weighted by atomic mass is 16.3. The van der Waals surface area contributed by atoms with E-state index >= 15 is 0 Å². The Morgan fingerprint density at radius 1 is 1.00 bits per heavy atom. The van der Waals surface area contributed by atoms with Crippen molar-refractivity contribution in [1.82, 2.24) is 0 Å². The van der Waals surface area contributed by atoms with Crippen molar-refractivity contribution >= 4 is 0 Å². The van der Waals surface area contributed by atoms with Gasteiger partial charge in [0.1, 0.15) is 0 Å². The molecule has 22 heavy (non-hydrogen) atoms. The number of aryl methyl sites for hydroxylation is 2. The third-order valence-corrected chi connectivity index (χ3v) is 3.35. The molecule has 0 fully saturated rings. The van der Waals surface area contributed by atoms with Crippen molar-refractivity contribution < 1.29 is 25.3 Å². The molecule has 1 aromatic carbocycles. The van der Waals surface area contributed by atoms with Crippen LogP contribution in [0.3, 0.4) is 0 Å². The third kappa shape index (κ3) is 7.39. The zero-order valence-electron chi connectivity index (χ0n) is 23.7. The maximum Gasteiger partial charge on any atom is 0.0633 e. The molecule has 0 unspecified atom stereocenters. The summed E-state index contributed by atoms with van der Waals surface area (Å²) in [6.07, 6.45) is -1.73. The molecule has 126 valence electrons. The van der Waals surface area contributed by atoms with Gasteiger partial charge < -0.3 is 15.9 Å². The van der Waals surface area contributed by atoms with Gasteiger partial charge in [-0.15, -0.1) is 0 Å². The quantitative estimate of drug-likeness (QED) is 0.518. The third-order valence-electron chi connectivity index (χ3n) is 3.35. The number of nitrogens with two attached hydrogens (primary N) is 1. The molecular formula is C19H33NO2. The van der Waals surface area contributed by atoms with Crippen LogP contribution >= 0.6 is 0 Å². The Bertz CT molecular complexity index is 739. The van der Waals surface area contributed by atoms with E-state index in [0.29, 0.717) is 12.8 Å². The molecule has 0 amide bonds. The van der Waals surface area contributed by atoms with Gasteiger partial charge in [-0.1, -0.05) is 63.2 Å². The molecule has 3 nitrogen and oxygen atoms in total. The molecule has 1 rings (SSSR count). The topological polar surface area (TPSA) is 66.5 Å². The zero-order valence-corrected chi connectivity index (χ0v) is 12.7. The standard InChI is InChI=1S/C19H33NO2/c1-2-3-4-5-6-7-8-17-9-11-18(12-10-17)13-14-19(20,15-21)16-22/h9-12,21-22H,2-8,13-16,20H2,1H3/i1D3,13D2,14D2,15D2,16D2. The van der Waals surface area contributed by atoms with Crippen LogP contribution in [0.1, 0.15) is 78.0 Å². The van der Waals surface area contributed by atoms with E-state index in [1.165, 1.54) is 12.1 Å². The van der Waals surface area contributed by atoms with E-state index in [2.05, 4.69) is 0 Å². The Morgan fingerprint density at radius 3 is 2.23 bits per heavy atom. The second-order valence-electron chi connectivity index (χ2n) is 5.25. The molecule has 0 aliphatic rings. The summed E-state index contributed by atoms with van der Waals surface area (Å²) in [6.45, 7) is -9.50. The molecule has 0 aliphatic carbocycles. The van der Waals surface area contributed by atoms with Crippen LogP contribution < -0.4 is 5.73 Å². The highest BCUT2D eigenvalue weighted by Gasteiger charge is 2.22. The molecule has 1 aromatic rings. The summed E-state index contributed by atoms with van der Waals surface area (Å²) in [5.41, 5.74) is 2.45. The minimum absolute atomic E-state index is 0.198. The lowest BCUT2D eigenvalue weighted by Gasteiger charge is -2.24. The van der Waals surface area contributed by atoms with E-state index in [1.807, 2.05) is 0 Å². The largest absolute Gasteiger partial charge is 0.394 e. The first-order chi connectivity index (χ1) is 14.7. The van der Waals surface area contributed by atoms with Crippen LogP contribution in [0, 0.1) is 0 Å². The van der Waals surface area contributed by atoms with Gasteiger partial charge in [-0.25, -0.2) is 0 Å². The van der Waals surface area contributed by atoms with E-state index in [0.717, 1.165) is 31.2 Å². The Kier molecular flexibility index (Phi) is 4.05. The molecule has 4 N–H and O–H groups in total. The fourth-order valence-corrected chi connectivity index (χ4v) is 1.99. The van der Waals surface area contributed by atoms with Crippen LogP contribution in [-0.4, -0.2) is 28.9 Å². The molecule has 0 bridgehead atoms. The Morgan fingerprint density at radius 2 is 1.59 bits per heavy atom. The van der Waals surface area contributed by atoms with Crippen molar-refractivity contribution in [2.75, 3.05) is 13.1 Å². The average Bonchev–Trinajstić information content (AvgIpc) is 2.64. The normalized spacial score (nSPS) is 22.4. The molecule has 0 heterocycles. The van der Waals surface area contributed by atoms with Gasteiger partial charge in [0, 0.05) is 9.60 Å². The molecule has 0 aliphatic heterocycles. The van der Waals surface area contributed by atoms with Gasteiger partial charge >= 0.3 is 0 Å². The van der Waals surface area contributed by atoms with E-state index < -0.39 is 38.3 Å². The monoisotopic (exact) mass is 318 g/mol. The van der Waals surface area contributed by atoms with E-state index in [-0.39, 0.29) is 12.0 Å². The highest BCUT2D eigenvalue weighted by Crippen LogP contribution is 2.14. The van der Waals surface area contributed by atoms with Gasteiger partial charge in [-0.05, 0) is 36.7 Å². The summed E-state index contributed by atoms with van der Waals surface area (Å²) in [6, 6.07) is 5.70. The summed E-state index contributed by atoms with van der Waals surface area (Å²) in [5, 5.41) is 19.5. The first-order valence-corrected chi connectivity index (χ1v) is 7.51. The zero-order chi connectivity index (χ0) is 25.9. The molecule has 0 atom stereocenters. The maximum absolute atomic E-state index is 9.75. The predicted molar refractivity (Wildman–Crippen MR) is 92.9 cm³/mol. The highest BCUT2D eigenvalue weighted by molar-refractivity contribution is 5.23. The Labute approximate surface area is 151 Å². The minimum Gasteiger partial charge on any atom is -0.394 e. The van der Waals surface area contributed by atoms with Gasteiger partial charge in [-0.3, -0.25) is 0 Å². The van der Waals surface area contributed by atoms with Gasteiger partial charge in [0.25, 0.3) is 0 Å². The fourth-order valence-electron chi connectivity index (χ4n) is 1.99. The van der Waals surface area contributed by atoms with E-state index in [1.54, 1.807) is 12.1 Å². The first kappa shape index (κ1) is 8.27. The number of hydrogen-bond acceptors (Lipinski definition) is 3. The van der Waals surface area contributed by atoms with Crippen LogP contribution in [0.2, 0.25) is 0 Å². The van der Waals surface area contributed by atoms with E-state index in [4.69, 9.17) is 20.8 Å². The van der Waals surface area contributed by atoms with Crippen LogP contribution in [0.15, 0.2) is 24.3 Å². The molecule has 0 spiro atoms. The number of benzene rings is 1. The second-order valence-corrected chi connectivity index (χ2v) is 5.25. The molecular weight excluding hydrogens is 274 g/mol. The summed E-state index contributed by atoms with van der Waals surface area (Å²) in [7, 11) is 0. The first-order valence-electron chi connectivity index (χ1n) is 13.0. The molecule has 3 heteroatoms. The maximum atomic E-state index is 9.75. The average molecular weight is 319 g/mol. The summed E-state index contributed by atoms with van der Waals surface area (Å²) in [4.78, 5) is 0. The number of hydrogen-bond donors (Lipinski definition) is 3. The SMILES string of the molecule is [2H]C([2H])([2H])CCCCCCCc1ccc(C([2H])([2H])C([2H])([2H])C(N)(C([2H])([2H])O)C([2H])([2H])O)cc1. The van der Waals surface area contributed by atoms with Crippen LogP contribution in [0.4, 0.5) is 0 Å². The summed E-state index contributed by atoms with van der Waals surface area (Å²) in [5.74, 6) is 0. The smallest absolute Gasteiger partial charge is 0.0633 e. The van der Waals surface area contributed by atoms with Crippen molar-refractivity contribution in [2.24, 2.45) is 5.73 Å². The van der Waals surface area contributed by atoms with Gasteiger partial charge in [0.15, 0.2) is 0 Å². The van der Waals surface area contributed by atoms with Crippen LogP contribution in [0.25, 0.3) is 0 Å². The fraction of sp³-hybridized carbons (Fsp3) is 0.684. The van der Waals surface area contributed by atoms with Crippen LogP contribution in [0.5, 0.6) is 0 Å². The molecule has 0 aromatic heterocycles. The van der Waals surface area contributed by atoms with Gasteiger partial charge in [-0.2, -0.15) is 0 Å². The Balaban J connectivity index is 2.87. The van der Waals surface area contributed by atoms with Crippen molar-refractivity contribution in [3.63, 3.8) is 0 Å². The van der Waals surface area contributed by atoms with Crippen molar-refractivity contribution in [2.45, 2.75) is 70.1 Å². The van der Waals surface area contributed by atoms with Crippen LogP contribution in [-0.2, 0) is 12.8 Å². The van der Waals surface area contributed by atoms with E-state index in [9.17, 15) is 10.2 Å². The molecule has 0 radical (unpaired) electrons. The molecule has 0 saturated carbocycles. The summed E-state index contributed by atoms with van der Waals surface area (Å²) >= 11 is 0.